The maximum atomic E-state index is 14.5. The highest BCUT2D eigenvalue weighted by molar-refractivity contribution is 5.94. The van der Waals surface area contributed by atoms with Crippen molar-refractivity contribution >= 4 is 22.8 Å². The highest BCUT2D eigenvalue weighted by Crippen LogP contribution is 2.46. The van der Waals surface area contributed by atoms with Crippen LogP contribution in [0.4, 0.5) is 4.39 Å². The van der Waals surface area contributed by atoms with Gasteiger partial charge in [-0.3, -0.25) is 9.59 Å². The smallest absolute Gasteiger partial charge is 0.343 e. The fourth-order valence-electron chi connectivity index (χ4n) is 5.89. The molecule has 9 nitrogen and oxygen atoms in total. The van der Waals surface area contributed by atoms with Crippen molar-refractivity contribution in [3.63, 3.8) is 0 Å². The number of aromatic nitrogens is 2. The van der Waals surface area contributed by atoms with Gasteiger partial charge < -0.3 is 24.8 Å². The van der Waals surface area contributed by atoms with Crippen LogP contribution in [0.2, 0.25) is 0 Å². The fourth-order valence-corrected chi connectivity index (χ4v) is 5.89. The summed E-state index contributed by atoms with van der Waals surface area (Å²) in [6, 6.07) is 3.94. The summed E-state index contributed by atoms with van der Waals surface area (Å²) in [6.07, 6.45) is 0.257. The second kappa shape index (κ2) is 8.19. The highest BCUT2D eigenvalue weighted by Gasteiger charge is 2.46. The Morgan fingerprint density at radius 1 is 1.32 bits per heavy atom. The number of carbonyl (C=O) groups excluding carboxylic acids is 2. The molecule has 1 amide bonds. The van der Waals surface area contributed by atoms with E-state index in [-0.39, 0.29) is 48.6 Å². The minimum atomic E-state index is -1.95. The van der Waals surface area contributed by atoms with E-state index >= 15 is 0 Å². The van der Waals surface area contributed by atoms with Gasteiger partial charge in [-0.05, 0) is 49.4 Å². The van der Waals surface area contributed by atoms with E-state index in [1.807, 2.05) is 0 Å². The number of halogens is 1. The zero-order valence-corrected chi connectivity index (χ0v) is 20.4. The van der Waals surface area contributed by atoms with Crippen LogP contribution in [0.5, 0.6) is 0 Å². The predicted octanol–water partition coefficient (Wildman–Crippen LogP) is 2.09. The second-order valence-electron chi connectivity index (χ2n) is 10.1. The number of fused-ring (bicyclic) bond motifs is 5. The Kier molecular flexibility index (Phi) is 5.26. The summed E-state index contributed by atoms with van der Waals surface area (Å²) < 4.78 is 21.2. The monoisotopic (exact) mass is 507 g/mol. The Labute approximate surface area is 210 Å². The number of nitrogens with one attached hydrogen (secondary N) is 1. The van der Waals surface area contributed by atoms with Gasteiger partial charge in [0.2, 0.25) is 5.91 Å². The largest absolute Gasteiger partial charge is 0.458 e. The average Bonchev–Trinajstić information content (AvgIpc) is 3.39. The van der Waals surface area contributed by atoms with Crippen LogP contribution in [-0.4, -0.2) is 37.7 Å². The van der Waals surface area contributed by atoms with Crippen LogP contribution in [-0.2, 0) is 39.5 Å². The number of esters is 1. The molecule has 0 spiro atoms. The third kappa shape index (κ3) is 3.42. The van der Waals surface area contributed by atoms with Gasteiger partial charge in [-0.25, -0.2) is 14.2 Å². The van der Waals surface area contributed by atoms with E-state index < -0.39 is 29.5 Å². The number of aliphatic hydroxyl groups excluding tert-OH is 1. The van der Waals surface area contributed by atoms with Gasteiger partial charge in [-0.2, -0.15) is 0 Å². The lowest BCUT2D eigenvalue weighted by molar-refractivity contribution is -0.172. The van der Waals surface area contributed by atoms with Gasteiger partial charge in [0.15, 0.2) is 5.60 Å². The van der Waals surface area contributed by atoms with Crippen molar-refractivity contribution in [3.05, 3.63) is 62.2 Å². The van der Waals surface area contributed by atoms with E-state index in [4.69, 9.17) is 9.72 Å². The van der Waals surface area contributed by atoms with Gasteiger partial charge in [0.1, 0.15) is 12.4 Å². The topological polar surface area (TPSA) is 131 Å². The van der Waals surface area contributed by atoms with Crippen molar-refractivity contribution in [2.75, 3.05) is 0 Å². The molecular weight excluding hydrogens is 481 g/mol. The van der Waals surface area contributed by atoms with E-state index in [9.17, 15) is 29.0 Å². The van der Waals surface area contributed by atoms with Crippen LogP contribution >= 0.6 is 0 Å². The molecule has 4 heterocycles. The minimum Gasteiger partial charge on any atom is -0.458 e. The number of aliphatic hydroxyl groups is 2. The van der Waals surface area contributed by atoms with Gasteiger partial charge >= 0.3 is 5.97 Å². The molecule has 6 rings (SSSR count). The molecule has 3 aromatic rings. The molecule has 192 valence electrons. The number of amides is 1. The standard InChI is InChI=1S/C27H26FN3O6/c1-3-27(36)17-9-20-24-15(10-31(20)25(34)16(17)11-37-26(27)35)23-18(29-21(33)5-4-12(2)32)7-13-6-14(28)8-19(30-24)22(13)23/h6,8-9,12,18,32,36H,3-5,7,10-11H2,1-2H3,(H,29,33)/t12?,18?,27-/m0/s1. The number of hydrogen-bond acceptors (Lipinski definition) is 7. The molecule has 3 aliphatic rings. The SMILES string of the molecule is CC[C@@]1(O)C(=O)OCc2c1cc1n(c2=O)Cc2c-1nc1cc(F)cc3c1c2C(NC(=O)CCC(C)O)C3. The average molecular weight is 508 g/mol. The van der Waals surface area contributed by atoms with Crippen molar-refractivity contribution in [1.29, 1.82) is 0 Å². The van der Waals surface area contributed by atoms with Crippen molar-refractivity contribution in [3.8, 4) is 11.4 Å². The normalized spacial score (nSPS) is 21.9. The summed E-state index contributed by atoms with van der Waals surface area (Å²) in [5.41, 5.74) is 1.65. The molecule has 2 aromatic heterocycles. The third-order valence-electron chi connectivity index (χ3n) is 7.78. The third-order valence-corrected chi connectivity index (χ3v) is 7.78. The summed E-state index contributed by atoms with van der Waals surface area (Å²) in [5.74, 6) is -1.49. The van der Waals surface area contributed by atoms with Crippen molar-refractivity contribution < 1.29 is 28.9 Å². The summed E-state index contributed by atoms with van der Waals surface area (Å²) >= 11 is 0. The van der Waals surface area contributed by atoms with E-state index in [0.717, 1.165) is 22.1 Å². The lowest BCUT2D eigenvalue weighted by Gasteiger charge is -2.31. The minimum absolute atomic E-state index is 0.0279. The number of ether oxygens (including phenoxy) is 1. The molecule has 1 aromatic carbocycles. The summed E-state index contributed by atoms with van der Waals surface area (Å²) in [4.78, 5) is 43.4. The van der Waals surface area contributed by atoms with Crippen LogP contribution in [0, 0.1) is 5.82 Å². The number of rotatable bonds is 5. The Balaban J connectivity index is 1.53. The zero-order chi connectivity index (χ0) is 26.2. The van der Waals surface area contributed by atoms with Crippen LogP contribution in [0.1, 0.15) is 67.0 Å². The molecule has 0 bridgehead atoms. The Hall–Kier alpha value is -3.63. The van der Waals surface area contributed by atoms with Crippen LogP contribution < -0.4 is 10.9 Å². The van der Waals surface area contributed by atoms with Crippen molar-refractivity contribution in [1.82, 2.24) is 14.9 Å². The molecule has 0 radical (unpaired) electrons. The Morgan fingerprint density at radius 2 is 2.11 bits per heavy atom. The summed E-state index contributed by atoms with van der Waals surface area (Å²) in [5, 5.41) is 24.4. The summed E-state index contributed by atoms with van der Waals surface area (Å²) in [6.45, 7) is 3.21. The molecule has 3 atom stereocenters. The molecule has 0 fully saturated rings. The number of cyclic esters (lactones) is 1. The lowest BCUT2D eigenvalue weighted by Crippen LogP contribution is -2.44. The van der Waals surface area contributed by atoms with E-state index in [1.165, 1.54) is 16.7 Å². The van der Waals surface area contributed by atoms with E-state index in [0.29, 0.717) is 29.7 Å². The summed E-state index contributed by atoms with van der Waals surface area (Å²) in [7, 11) is 0. The quantitative estimate of drug-likeness (QED) is 0.353. The first-order valence-electron chi connectivity index (χ1n) is 12.4. The molecule has 37 heavy (non-hydrogen) atoms. The van der Waals surface area contributed by atoms with Crippen molar-refractivity contribution in [2.24, 2.45) is 0 Å². The second-order valence-corrected chi connectivity index (χ2v) is 10.1. The molecule has 0 saturated heterocycles. The number of carbonyl (C=O) groups is 2. The molecular formula is C27H26FN3O6. The molecule has 1 aliphatic carbocycles. The molecule has 0 saturated carbocycles. The Bertz CT molecular complexity index is 1580. The van der Waals surface area contributed by atoms with E-state index in [1.54, 1.807) is 19.9 Å². The van der Waals surface area contributed by atoms with E-state index in [2.05, 4.69) is 5.32 Å². The van der Waals surface area contributed by atoms with Crippen molar-refractivity contribution in [2.45, 2.75) is 70.4 Å². The number of pyridine rings is 2. The maximum absolute atomic E-state index is 14.5. The molecule has 3 N–H and O–H groups in total. The van der Waals surface area contributed by atoms with Crippen LogP contribution in [0.3, 0.4) is 0 Å². The fraction of sp³-hybridized carbons (Fsp3) is 0.407. The van der Waals surface area contributed by atoms with Gasteiger partial charge in [-0.1, -0.05) is 6.92 Å². The first-order valence-corrected chi connectivity index (χ1v) is 12.4. The lowest BCUT2D eigenvalue weighted by atomic mass is 9.86. The highest BCUT2D eigenvalue weighted by atomic mass is 19.1. The van der Waals surface area contributed by atoms with Gasteiger partial charge in [0.05, 0.1) is 41.2 Å². The van der Waals surface area contributed by atoms with Crippen LogP contribution in [0.15, 0.2) is 23.0 Å². The van der Waals surface area contributed by atoms with Gasteiger partial charge in [-0.15, -0.1) is 0 Å². The number of nitrogens with zero attached hydrogens (tertiary/aromatic N) is 2. The first kappa shape index (κ1) is 23.7. The number of hydrogen-bond donors (Lipinski definition) is 3. The molecule has 10 heteroatoms. The number of benzene rings is 1. The molecule has 2 aliphatic heterocycles. The maximum Gasteiger partial charge on any atom is 0.343 e. The predicted molar refractivity (Wildman–Crippen MR) is 130 cm³/mol. The first-order chi connectivity index (χ1) is 17.6. The Morgan fingerprint density at radius 3 is 2.84 bits per heavy atom. The van der Waals surface area contributed by atoms with Gasteiger partial charge in [0, 0.05) is 29.0 Å². The van der Waals surface area contributed by atoms with Gasteiger partial charge in [0.25, 0.3) is 5.56 Å². The zero-order valence-electron chi connectivity index (χ0n) is 20.4. The molecule has 2 unspecified atom stereocenters. The van der Waals surface area contributed by atoms with Crippen LogP contribution in [0.25, 0.3) is 22.3 Å².